The summed E-state index contributed by atoms with van der Waals surface area (Å²) in [5, 5.41) is 4.38. The van der Waals surface area contributed by atoms with E-state index in [4.69, 9.17) is 4.84 Å². The molecular weight excluding hydrogens is 274 g/mol. The highest BCUT2D eigenvalue weighted by Crippen LogP contribution is 2.37. The summed E-state index contributed by atoms with van der Waals surface area (Å²) in [7, 11) is 0. The van der Waals surface area contributed by atoms with Gasteiger partial charge in [-0.3, -0.25) is 4.98 Å². The Bertz CT molecular complexity index is 529. The predicted octanol–water partition coefficient (Wildman–Crippen LogP) is 3.37. The average molecular weight is 299 g/mol. The van der Waals surface area contributed by atoms with Crippen LogP contribution in [0.4, 0.5) is 0 Å². The van der Waals surface area contributed by atoms with E-state index in [2.05, 4.69) is 21.1 Å². The molecule has 0 aromatic carbocycles. The summed E-state index contributed by atoms with van der Waals surface area (Å²) in [6.07, 6.45) is 13.9. The van der Waals surface area contributed by atoms with Crippen LogP contribution in [0, 0.1) is 0 Å². The number of rotatable bonds is 2. The van der Waals surface area contributed by atoms with Gasteiger partial charge in [0.25, 0.3) is 0 Å². The van der Waals surface area contributed by atoms with Crippen molar-refractivity contribution in [1.82, 2.24) is 9.88 Å². The molecule has 1 saturated carbocycles. The van der Waals surface area contributed by atoms with Gasteiger partial charge in [0.2, 0.25) is 0 Å². The van der Waals surface area contributed by atoms with Crippen LogP contribution in [0.25, 0.3) is 0 Å². The van der Waals surface area contributed by atoms with E-state index in [-0.39, 0.29) is 5.60 Å². The minimum atomic E-state index is -0.0453. The summed E-state index contributed by atoms with van der Waals surface area (Å²) in [5.41, 5.74) is 2.13. The normalized spacial score (nSPS) is 25.9. The lowest BCUT2D eigenvalue weighted by atomic mass is 9.84. The van der Waals surface area contributed by atoms with Gasteiger partial charge in [-0.05, 0) is 25.0 Å². The minimum Gasteiger partial charge on any atom is -0.388 e. The molecule has 3 aliphatic rings. The molecule has 4 heteroatoms. The zero-order chi connectivity index (χ0) is 14.8. The van der Waals surface area contributed by atoms with Crippen molar-refractivity contribution in [2.24, 2.45) is 5.16 Å². The van der Waals surface area contributed by atoms with Gasteiger partial charge in [-0.25, -0.2) is 0 Å². The van der Waals surface area contributed by atoms with Crippen LogP contribution in [-0.2, 0) is 4.84 Å². The average Bonchev–Trinajstić information content (AvgIpc) is 3.01. The molecule has 0 radical (unpaired) electrons. The molecule has 3 heterocycles. The lowest BCUT2D eigenvalue weighted by Gasteiger charge is -2.42. The molecule has 2 aliphatic heterocycles. The molecule has 0 unspecified atom stereocenters. The summed E-state index contributed by atoms with van der Waals surface area (Å²) in [6, 6.07) is 4.87. The van der Waals surface area contributed by atoms with Crippen LogP contribution >= 0.6 is 0 Å². The number of oxime groups is 1. The van der Waals surface area contributed by atoms with Gasteiger partial charge in [-0.15, -0.1) is 0 Å². The number of likely N-dealkylation sites (tertiary alicyclic amines) is 1. The number of nitrogens with zero attached hydrogens (tertiary/aromatic N) is 3. The van der Waals surface area contributed by atoms with Crippen LogP contribution in [0.15, 0.2) is 29.7 Å². The first-order valence-corrected chi connectivity index (χ1v) is 8.74. The molecule has 0 atom stereocenters. The van der Waals surface area contributed by atoms with E-state index in [0.29, 0.717) is 0 Å². The Morgan fingerprint density at radius 2 is 1.95 bits per heavy atom. The molecule has 4 nitrogen and oxygen atoms in total. The van der Waals surface area contributed by atoms with Gasteiger partial charge in [0.15, 0.2) is 0 Å². The molecule has 4 rings (SSSR count). The van der Waals surface area contributed by atoms with Gasteiger partial charge < -0.3 is 9.74 Å². The van der Waals surface area contributed by atoms with Crippen LogP contribution in [0.5, 0.6) is 0 Å². The third-order valence-electron chi connectivity index (χ3n) is 5.63. The molecule has 0 amide bonds. The van der Waals surface area contributed by atoms with Crippen molar-refractivity contribution in [1.29, 1.82) is 0 Å². The molecule has 22 heavy (non-hydrogen) atoms. The first kappa shape index (κ1) is 14.2. The Labute approximate surface area is 132 Å². The lowest BCUT2D eigenvalue weighted by Crippen LogP contribution is -2.48. The quantitative estimate of drug-likeness (QED) is 0.840. The maximum absolute atomic E-state index is 5.92. The van der Waals surface area contributed by atoms with Crippen LogP contribution in [0.3, 0.4) is 0 Å². The zero-order valence-electron chi connectivity index (χ0n) is 13.2. The number of hydrogen-bond acceptors (Lipinski definition) is 4. The first-order valence-electron chi connectivity index (χ1n) is 8.74. The topological polar surface area (TPSA) is 37.7 Å². The van der Waals surface area contributed by atoms with Crippen LogP contribution < -0.4 is 0 Å². The Balaban J connectivity index is 1.36. The summed E-state index contributed by atoms with van der Waals surface area (Å²) >= 11 is 0. The van der Waals surface area contributed by atoms with Crippen molar-refractivity contribution in [2.45, 2.75) is 63.0 Å². The summed E-state index contributed by atoms with van der Waals surface area (Å²) in [6.45, 7) is 2.33. The van der Waals surface area contributed by atoms with Gasteiger partial charge in [-0.1, -0.05) is 24.4 Å². The largest absolute Gasteiger partial charge is 0.388 e. The van der Waals surface area contributed by atoms with E-state index >= 15 is 0 Å². The number of pyridine rings is 1. The molecule has 1 aliphatic carbocycles. The second-order valence-electron chi connectivity index (χ2n) is 7.06. The second-order valence-corrected chi connectivity index (χ2v) is 7.06. The number of aromatic nitrogens is 1. The predicted molar refractivity (Wildman–Crippen MR) is 86.9 cm³/mol. The molecule has 0 N–H and O–H groups in total. The third-order valence-corrected chi connectivity index (χ3v) is 5.63. The fourth-order valence-electron chi connectivity index (χ4n) is 4.22. The van der Waals surface area contributed by atoms with Crippen molar-refractivity contribution >= 4 is 5.71 Å². The molecule has 2 fully saturated rings. The van der Waals surface area contributed by atoms with Crippen LogP contribution in [-0.4, -0.2) is 40.3 Å². The molecule has 0 bridgehead atoms. The number of hydrogen-bond donors (Lipinski definition) is 0. The van der Waals surface area contributed by atoms with Crippen LogP contribution in [0.2, 0.25) is 0 Å². The van der Waals surface area contributed by atoms with Crippen molar-refractivity contribution in [3.05, 3.63) is 30.1 Å². The SMILES string of the molecule is c1cncc(C2=NOC3(CCN(C4CCCCC4)CC3)C2)c1. The molecule has 1 spiro atoms. The summed E-state index contributed by atoms with van der Waals surface area (Å²) in [4.78, 5) is 12.8. The fraction of sp³-hybridized carbons (Fsp3) is 0.667. The number of piperidine rings is 1. The Morgan fingerprint density at radius 3 is 2.68 bits per heavy atom. The summed E-state index contributed by atoms with van der Waals surface area (Å²) in [5.74, 6) is 0. The Morgan fingerprint density at radius 1 is 1.14 bits per heavy atom. The third kappa shape index (κ3) is 2.76. The Kier molecular flexibility index (Phi) is 3.87. The van der Waals surface area contributed by atoms with E-state index in [1.54, 1.807) is 6.20 Å². The minimum absolute atomic E-state index is 0.0453. The van der Waals surface area contributed by atoms with Crippen molar-refractivity contribution in [2.75, 3.05) is 13.1 Å². The lowest BCUT2D eigenvalue weighted by molar-refractivity contribution is -0.0698. The standard InChI is InChI=1S/C18H25N3O/c1-2-6-16(7-3-1)21-11-8-18(9-12-21)13-17(20-22-18)15-5-4-10-19-14-15/h4-5,10,14,16H,1-3,6-9,11-13H2. The molecule has 1 saturated heterocycles. The van der Waals surface area contributed by atoms with E-state index in [1.165, 1.54) is 45.2 Å². The monoisotopic (exact) mass is 299 g/mol. The van der Waals surface area contributed by atoms with E-state index < -0.39 is 0 Å². The molecule has 118 valence electrons. The van der Waals surface area contributed by atoms with Gasteiger partial charge >= 0.3 is 0 Å². The highest BCUT2D eigenvalue weighted by atomic mass is 16.7. The van der Waals surface area contributed by atoms with Gasteiger partial charge in [0.05, 0.1) is 5.71 Å². The molecule has 1 aromatic rings. The second kappa shape index (κ2) is 5.99. The molecule has 1 aromatic heterocycles. The van der Waals surface area contributed by atoms with Gasteiger partial charge in [0, 0.05) is 56.4 Å². The van der Waals surface area contributed by atoms with Crippen molar-refractivity contribution in [3.63, 3.8) is 0 Å². The van der Waals surface area contributed by atoms with Gasteiger partial charge in [0.1, 0.15) is 5.60 Å². The zero-order valence-corrected chi connectivity index (χ0v) is 13.2. The van der Waals surface area contributed by atoms with E-state index in [9.17, 15) is 0 Å². The van der Waals surface area contributed by atoms with Crippen LogP contribution in [0.1, 0.15) is 56.9 Å². The highest BCUT2D eigenvalue weighted by Gasteiger charge is 2.43. The van der Waals surface area contributed by atoms with Crippen molar-refractivity contribution < 1.29 is 4.84 Å². The molecular formula is C18H25N3O. The van der Waals surface area contributed by atoms with Gasteiger partial charge in [-0.2, -0.15) is 0 Å². The van der Waals surface area contributed by atoms with Crippen molar-refractivity contribution in [3.8, 4) is 0 Å². The first-order chi connectivity index (χ1) is 10.8. The summed E-state index contributed by atoms with van der Waals surface area (Å²) < 4.78 is 0. The Hall–Kier alpha value is -1.42. The van der Waals surface area contributed by atoms with E-state index in [0.717, 1.165) is 36.6 Å². The fourth-order valence-corrected chi connectivity index (χ4v) is 4.22. The van der Waals surface area contributed by atoms with E-state index in [1.807, 2.05) is 12.3 Å². The smallest absolute Gasteiger partial charge is 0.145 e. The maximum Gasteiger partial charge on any atom is 0.145 e. The highest BCUT2D eigenvalue weighted by molar-refractivity contribution is 6.01. The maximum atomic E-state index is 5.92.